The highest BCUT2D eigenvalue weighted by Crippen LogP contribution is 2.17. The summed E-state index contributed by atoms with van der Waals surface area (Å²) in [6, 6.07) is 8.76. The molecule has 1 aliphatic heterocycles. The van der Waals surface area contributed by atoms with Crippen LogP contribution in [0, 0.1) is 5.92 Å². The van der Waals surface area contributed by atoms with Crippen LogP contribution in [0.4, 0.5) is 0 Å². The molecule has 5 nitrogen and oxygen atoms in total. The van der Waals surface area contributed by atoms with Gasteiger partial charge < -0.3 is 15.4 Å². The summed E-state index contributed by atoms with van der Waals surface area (Å²) in [4.78, 5) is 6.91. The zero-order chi connectivity index (χ0) is 18.1. The lowest BCUT2D eigenvalue weighted by Gasteiger charge is -2.35. The molecular weight excluding hydrogens is 439 g/mol. The van der Waals surface area contributed by atoms with Crippen LogP contribution in [0.2, 0.25) is 0 Å². The number of guanidine groups is 1. The van der Waals surface area contributed by atoms with E-state index in [1.165, 1.54) is 31.5 Å². The third-order valence-electron chi connectivity index (χ3n) is 5.10. The van der Waals surface area contributed by atoms with Crippen LogP contribution in [0.5, 0.6) is 5.75 Å². The molecular formula is C20H35IN4O. The van der Waals surface area contributed by atoms with E-state index in [9.17, 15) is 0 Å². The van der Waals surface area contributed by atoms with Crippen LogP contribution in [0.1, 0.15) is 32.3 Å². The van der Waals surface area contributed by atoms with Crippen LogP contribution >= 0.6 is 24.0 Å². The smallest absolute Gasteiger partial charge is 0.191 e. The van der Waals surface area contributed by atoms with E-state index in [2.05, 4.69) is 46.5 Å². The van der Waals surface area contributed by atoms with Crippen molar-refractivity contribution in [3.63, 3.8) is 0 Å². The highest BCUT2D eigenvalue weighted by atomic mass is 127. The summed E-state index contributed by atoms with van der Waals surface area (Å²) < 4.78 is 5.19. The Morgan fingerprint density at radius 3 is 2.46 bits per heavy atom. The van der Waals surface area contributed by atoms with E-state index in [4.69, 9.17) is 4.74 Å². The lowest BCUT2D eigenvalue weighted by molar-refractivity contribution is 0.147. The highest BCUT2D eigenvalue weighted by Gasteiger charge is 2.20. The van der Waals surface area contributed by atoms with Gasteiger partial charge in [-0.15, -0.1) is 24.0 Å². The topological polar surface area (TPSA) is 48.9 Å². The fraction of sp³-hybridized carbons (Fsp3) is 0.650. The third-order valence-corrected chi connectivity index (χ3v) is 5.10. The predicted molar refractivity (Wildman–Crippen MR) is 121 cm³/mol. The molecule has 0 aromatic heterocycles. The maximum Gasteiger partial charge on any atom is 0.191 e. The summed E-state index contributed by atoms with van der Waals surface area (Å²) in [5.41, 5.74) is 1.29. The number of benzene rings is 1. The van der Waals surface area contributed by atoms with Crippen molar-refractivity contribution < 1.29 is 4.74 Å². The number of halogens is 1. The number of piperidine rings is 1. The lowest BCUT2D eigenvalue weighted by Crippen LogP contribution is -2.48. The quantitative estimate of drug-likeness (QED) is 0.362. The first-order chi connectivity index (χ1) is 12.1. The molecule has 1 fully saturated rings. The highest BCUT2D eigenvalue weighted by molar-refractivity contribution is 14.0. The van der Waals surface area contributed by atoms with Crippen molar-refractivity contribution in [3.05, 3.63) is 29.8 Å². The molecule has 0 amide bonds. The number of rotatable bonds is 7. The van der Waals surface area contributed by atoms with Gasteiger partial charge in [0.05, 0.1) is 7.11 Å². The first-order valence-electron chi connectivity index (χ1n) is 9.44. The first-order valence-corrected chi connectivity index (χ1v) is 9.44. The van der Waals surface area contributed by atoms with E-state index in [1.807, 2.05) is 19.2 Å². The van der Waals surface area contributed by atoms with Gasteiger partial charge in [0.25, 0.3) is 0 Å². The number of nitrogens with zero attached hydrogens (tertiary/aromatic N) is 2. The average Bonchev–Trinajstić information content (AvgIpc) is 2.65. The molecule has 0 spiro atoms. The van der Waals surface area contributed by atoms with Crippen LogP contribution in [0.3, 0.4) is 0 Å². The van der Waals surface area contributed by atoms with Crippen LogP contribution in [-0.4, -0.2) is 57.2 Å². The predicted octanol–water partition coefficient (Wildman–Crippen LogP) is 3.14. The maximum atomic E-state index is 5.19. The molecule has 1 aromatic carbocycles. The molecule has 1 aromatic rings. The molecule has 0 aliphatic carbocycles. The SMILES string of the molecule is CN=C(NCCc1ccc(OC)cc1)NCC(C)N1CCC(C)CC1.I. The van der Waals surface area contributed by atoms with Gasteiger partial charge in [-0.3, -0.25) is 9.89 Å². The summed E-state index contributed by atoms with van der Waals surface area (Å²) in [7, 11) is 3.52. The van der Waals surface area contributed by atoms with Crippen molar-refractivity contribution in [1.82, 2.24) is 15.5 Å². The first kappa shape index (κ1) is 23.0. The fourth-order valence-electron chi connectivity index (χ4n) is 3.18. The minimum Gasteiger partial charge on any atom is -0.497 e. The van der Waals surface area contributed by atoms with Crippen molar-refractivity contribution in [1.29, 1.82) is 0 Å². The van der Waals surface area contributed by atoms with Gasteiger partial charge in [-0.05, 0) is 62.9 Å². The minimum absolute atomic E-state index is 0. The van der Waals surface area contributed by atoms with Crippen LogP contribution in [0.25, 0.3) is 0 Å². The number of methoxy groups -OCH3 is 1. The van der Waals surface area contributed by atoms with Gasteiger partial charge in [0.1, 0.15) is 5.75 Å². The molecule has 148 valence electrons. The van der Waals surface area contributed by atoms with Gasteiger partial charge in [0.15, 0.2) is 5.96 Å². The van der Waals surface area contributed by atoms with Gasteiger partial charge in [-0.1, -0.05) is 19.1 Å². The number of ether oxygens (including phenoxy) is 1. The molecule has 1 saturated heterocycles. The molecule has 0 bridgehead atoms. The zero-order valence-electron chi connectivity index (χ0n) is 16.6. The lowest BCUT2D eigenvalue weighted by atomic mass is 9.98. The Morgan fingerprint density at radius 2 is 1.88 bits per heavy atom. The normalized spacial score (nSPS) is 17.3. The summed E-state index contributed by atoms with van der Waals surface area (Å²) in [5, 5.41) is 6.86. The van der Waals surface area contributed by atoms with Gasteiger partial charge in [0, 0.05) is 26.2 Å². The van der Waals surface area contributed by atoms with Gasteiger partial charge in [-0.2, -0.15) is 0 Å². The van der Waals surface area contributed by atoms with Crippen LogP contribution in [0.15, 0.2) is 29.3 Å². The van der Waals surface area contributed by atoms with E-state index >= 15 is 0 Å². The number of nitrogens with one attached hydrogen (secondary N) is 2. The second-order valence-corrected chi connectivity index (χ2v) is 7.05. The summed E-state index contributed by atoms with van der Waals surface area (Å²) in [6.45, 7) is 8.88. The molecule has 0 radical (unpaired) electrons. The zero-order valence-corrected chi connectivity index (χ0v) is 19.0. The van der Waals surface area contributed by atoms with Crippen LogP contribution < -0.4 is 15.4 Å². The summed E-state index contributed by atoms with van der Waals surface area (Å²) >= 11 is 0. The minimum atomic E-state index is 0. The Bertz CT molecular complexity index is 527. The average molecular weight is 474 g/mol. The van der Waals surface area contributed by atoms with E-state index in [0.29, 0.717) is 6.04 Å². The van der Waals surface area contributed by atoms with Gasteiger partial charge in [-0.25, -0.2) is 0 Å². The standard InChI is InChI=1S/C20H34N4O.HI/c1-16-10-13-24(14-11-16)17(2)15-23-20(21-3)22-12-9-18-5-7-19(25-4)8-6-18;/h5-8,16-17H,9-15H2,1-4H3,(H2,21,22,23);1H. The Kier molecular flexibility index (Phi) is 11.0. The van der Waals surface area contributed by atoms with Crippen LogP contribution in [-0.2, 0) is 6.42 Å². The van der Waals surface area contributed by atoms with Crippen molar-refractivity contribution >= 4 is 29.9 Å². The van der Waals surface area contributed by atoms with E-state index < -0.39 is 0 Å². The molecule has 0 saturated carbocycles. The number of likely N-dealkylation sites (tertiary alicyclic amines) is 1. The van der Waals surface area contributed by atoms with Crippen molar-refractivity contribution in [2.75, 3.05) is 40.3 Å². The Hall–Kier alpha value is -1.02. The molecule has 1 unspecified atom stereocenters. The maximum absolute atomic E-state index is 5.19. The number of hydrogen-bond acceptors (Lipinski definition) is 3. The molecule has 2 rings (SSSR count). The largest absolute Gasteiger partial charge is 0.497 e. The molecule has 1 heterocycles. The van der Waals surface area contributed by atoms with E-state index in [1.54, 1.807) is 7.11 Å². The van der Waals surface area contributed by atoms with E-state index in [-0.39, 0.29) is 24.0 Å². The molecule has 2 N–H and O–H groups in total. The molecule has 6 heteroatoms. The fourth-order valence-corrected chi connectivity index (χ4v) is 3.18. The monoisotopic (exact) mass is 474 g/mol. The van der Waals surface area contributed by atoms with Gasteiger partial charge >= 0.3 is 0 Å². The third kappa shape index (κ3) is 7.70. The second-order valence-electron chi connectivity index (χ2n) is 7.05. The summed E-state index contributed by atoms with van der Waals surface area (Å²) in [5.74, 6) is 2.66. The van der Waals surface area contributed by atoms with Crippen molar-refractivity contribution in [2.24, 2.45) is 10.9 Å². The number of aliphatic imine (C=N–C) groups is 1. The second kappa shape index (κ2) is 12.4. The Morgan fingerprint density at radius 1 is 1.23 bits per heavy atom. The van der Waals surface area contributed by atoms with E-state index in [0.717, 1.165) is 37.1 Å². The van der Waals surface area contributed by atoms with Crippen molar-refractivity contribution in [2.45, 2.75) is 39.2 Å². The Labute approximate surface area is 176 Å². The van der Waals surface area contributed by atoms with Gasteiger partial charge in [0.2, 0.25) is 0 Å². The molecule has 1 atom stereocenters. The summed E-state index contributed by atoms with van der Waals surface area (Å²) in [6.07, 6.45) is 3.60. The van der Waals surface area contributed by atoms with Crippen molar-refractivity contribution in [3.8, 4) is 5.75 Å². The molecule has 26 heavy (non-hydrogen) atoms. The molecule has 1 aliphatic rings. The Balaban J connectivity index is 0.00000338. The number of hydrogen-bond donors (Lipinski definition) is 2.